The van der Waals surface area contributed by atoms with E-state index in [1.165, 1.54) is 25.7 Å². The normalized spacial score (nSPS) is 21.3. The van der Waals surface area contributed by atoms with Crippen molar-refractivity contribution < 1.29 is 0 Å². The van der Waals surface area contributed by atoms with Crippen molar-refractivity contribution in [2.75, 3.05) is 17.2 Å². The molecule has 18 heavy (non-hydrogen) atoms. The van der Waals surface area contributed by atoms with Crippen LogP contribution < -0.4 is 10.6 Å². The number of hydrogen-bond donors (Lipinski definition) is 1. The van der Waals surface area contributed by atoms with Gasteiger partial charge in [-0.25, -0.2) is 4.98 Å². The van der Waals surface area contributed by atoms with Crippen molar-refractivity contribution in [3.63, 3.8) is 0 Å². The predicted octanol–water partition coefficient (Wildman–Crippen LogP) is 3.12. The van der Waals surface area contributed by atoms with Crippen molar-refractivity contribution in [3.8, 4) is 0 Å². The molecule has 2 rings (SSSR count). The van der Waals surface area contributed by atoms with Crippen LogP contribution in [-0.2, 0) is 0 Å². The quantitative estimate of drug-likeness (QED) is 0.853. The fraction of sp³-hybridized carbons (Fsp3) is 0.692. The Bertz CT molecular complexity index is 390. The van der Waals surface area contributed by atoms with E-state index in [0.717, 1.165) is 12.4 Å². The highest BCUT2D eigenvalue weighted by atomic mass is 35.5. The Morgan fingerprint density at radius 2 is 2.33 bits per heavy atom. The highest BCUT2D eigenvalue weighted by Crippen LogP contribution is 2.31. The maximum Gasteiger partial charge on any atom is 0.223 e. The molecular formula is C13H21ClN4. The molecule has 0 aliphatic carbocycles. The molecule has 0 radical (unpaired) electrons. The topological polar surface area (TPSA) is 55.0 Å². The van der Waals surface area contributed by atoms with Gasteiger partial charge in [0.25, 0.3) is 0 Å². The minimum absolute atomic E-state index is 0.256. The summed E-state index contributed by atoms with van der Waals surface area (Å²) in [5.41, 5.74) is 5.67. The SMILES string of the molecule is CCCC(C)C1CCCN1c1cc(Cl)nc(N)n1. The molecule has 2 N–H and O–H groups in total. The minimum Gasteiger partial charge on any atom is -0.368 e. The van der Waals surface area contributed by atoms with Crippen molar-refractivity contribution in [2.45, 2.75) is 45.6 Å². The Morgan fingerprint density at radius 1 is 1.56 bits per heavy atom. The lowest BCUT2D eigenvalue weighted by atomic mass is 9.95. The molecule has 1 aromatic heterocycles. The van der Waals surface area contributed by atoms with Crippen LogP contribution in [0.1, 0.15) is 39.5 Å². The third-order valence-corrected chi connectivity index (χ3v) is 3.89. The van der Waals surface area contributed by atoms with Crippen LogP contribution in [0.3, 0.4) is 0 Å². The molecular weight excluding hydrogens is 248 g/mol. The third kappa shape index (κ3) is 2.86. The van der Waals surface area contributed by atoms with Gasteiger partial charge in [0.05, 0.1) is 0 Å². The molecule has 1 aliphatic heterocycles. The monoisotopic (exact) mass is 268 g/mol. The van der Waals surface area contributed by atoms with Crippen LogP contribution in [0.4, 0.5) is 11.8 Å². The molecule has 0 saturated carbocycles. The van der Waals surface area contributed by atoms with Crippen LogP contribution in [0.15, 0.2) is 6.07 Å². The summed E-state index contributed by atoms with van der Waals surface area (Å²) in [4.78, 5) is 10.6. The highest BCUT2D eigenvalue weighted by molar-refractivity contribution is 6.29. The zero-order valence-corrected chi connectivity index (χ0v) is 11.8. The van der Waals surface area contributed by atoms with Crippen molar-refractivity contribution in [3.05, 3.63) is 11.2 Å². The zero-order valence-electron chi connectivity index (χ0n) is 11.1. The first kappa shape index (κ1) is 13.4. The summed E-state index contributed by atoms with van der Waals surface area (Å²) in [6.07, 6.45) is 4.90. The standard InChI is InChI=1S/C13H21ClN4/c1-3-5-9(2)10-6-4-7-18(10)12-8-11(14)16-13(15)17-12/h8-10H,3-7H2,1-2H3,(H2,15,16,17). The second-order valence-electron chi connectivity index (χ2n) is 5.08. The van der Waals surface area contributed by atoms with Gasteiger partial charge in [0.15, 0.2) is 0 Å². The molecule has 0 spiro atoms. The van der Waals surface area contributed by atoms with Crippen molar-refractivity contribution in [1.82, 2.24) is 9.97 Å². The largest absolute Gasteiger partial charge is 0.368 e. The number of nitrogen functional groups attached to an aromatic ring is 1. The smallest absolute Gasteiger partial charge is 0.223 e. The van der Waals surface area contributed by atoms with Crippen LogP contribution in [-0.4, -0.2) is 22.6 Å². The summed E-state index contributed by atoms with van der Waals surface area (Å²) < 4.78 is 0. The zero-order chi connectivity index (χ0) is 13.1. The number of nitrogens with zero attached hydrogens (tertiary/aromatic N) is 3. The fourth-order valence-corrected chi connectivity index (χ4v) is 3.07. The van der Waals surface area contributed by atoms with E-state index in [1.807, 2.05) is 6.07 Å². The van der Waals surface area contributed by atoms with E-state index in [9.17, 15) is 0 Å². The summed E-state index contributed by atoms with van der Waals surface area (Å²) >= 11 is 5.96. The van der Waals surface area contributed by atoms with Gasteiger partial charge in [-0.15, -0.1) is 0 Å². The van der Waals surface area contributed by atoms with Gasteiger partial charge < -0.3 is 10.6 Å². The van der Waals surface area contributed by atoms with E-state index in [4.69, 9.17) is 17.3 Å². The van der Waals surface area contributed by atoms with Crippen LogP contribution >= 0.6 is 11.6 Å². The first-order valence-electron chi connectivity index (χ1n) is 6.68. The predicted molar refractivity (Wildman–Crippen MR) is 75.9 cm³/mol. The molecule has 2 atom stereocenters. The highest BCUT2D eigenvalue weighted by Gasteiger charge is 2.30. The van der Waals surface area contributed by atoms with Gasteiger partial charge in [-0.3, -0.25) is 0 Å². The lowest BCUT2D eigenvalue weighted by molar-refractivity contribution is 0.420. The molecule has 1 aliphatic rings. The maximum absolute atomic E-state index is 5.96. The van der Waals surface area contributed by atoms with Gasteiger partial charge in [-0.1, -0.05) is 31.9 Å². The van der Waals surface area contributed by atoms with Crippen LogP contribution in [0.2, 0.25) is 5.15 Å². The average molecular weight is 269 g/mol. The summed E-state index contributed by atoms with van der Waals surface area (Å²) in [6, 6.07) is 2.37. The summed E-state index contributed by atoms with van der Waals surface area (Å²) in [5.74, 6) is 1.80. The summed E-state index contributed by atoms with van der Waals surface area (Å²) in [5, 5.41) is 0.422. The molecule has 1 saturated heterocycles. The van der Waals surface area contributed by atoms with Gasteiger partial charge in [-0.2, -0.15) is 4.98 Å². The molecule has 2 heterocycles. The molecule has 0 aromatic carbocycles. The lowest BCUT2D eigenvalue weighted by Crippen LogP contribution is -2.35. The number of aromatic nitrogens is 2. The van der Waals surface area contributed by atoms with E-state index >= 15 is 0 Å². The second kappa shape index (κ2) is 5.74. The van der Waals surface area contributed by atoms with Gasteiger partial charge in [0.2, 0.25) is 5.95 Å². The third-order valence-electron chi connectivity index (χ3n) is 3.69. The average Bonchev–Trinajstić information content (AvgIpc) is 2.76. The van der Waals surface area contributed by atoms with Crippen molar-refractivity contribution in [1.29, 1.82) is 0 Å². The lowest BCUT2D eigenvalue weighted by Gasteiger charge is -2.30. The molecule has 0 amide bonds. The van der Waals surface area contributed by atoms with Crippen molar-refractivity contribution >= 4 is 23.4 Å². The summed E-state index contributed by atoms with van der Waals surface area (Å²) in [6.45, 7) is 5.58. The van der Waals surface area contributed by atoms with E-state index in [0.29, 0.717) is 17.1 Å². The molecule has 4 nitrogen and oxygen atoms in total. The molecule has 5 heteroatoms. The number of nitrogens with two attached hydrogens (primary N) is 1. The summed E-state index contributed by atoms with van der Waals surface area (Å²) in [7, 11) is 0. The number of rotatable bonds is 4. The number of halogens is 1. The molecule has 2 unspecified atom stereocenters. The Balaban J connectivity index is 2.20. The van der Waals surface area contributed by atoms with E-state index in [-0.39, 0.29) is 5.95 Å². The van der Waals surface area contributed by atoms with Crippen LogP contribution in [0, 0.1) is 5.92 Å². The number of hydrogen-bond acceptors (Lipinski definition) is 4. The number of anilines is 2. The maximum atomic E-state index is 5.96. The van der Waals surface area contributed by atoms with E-state index in [1.54, 1.807) is 0 Å². The fourth-order valence-electron chi connectivity index (χ4n) is 2.89. The molecule has 0 bridgehead atoms. The first-order valence-corrected chi connectivity index (χ1v) is 7.06. The van der Waals surface area contributed by atoms with E-state index < -0.39 is 0 Å². The van der Waals surface area contributed by atoms with Crippen molar-refractivity contribution in [2.24, 2.45) is 5.92 Å². The van der Waals surface area contributed by atoms with Crippen LogP contribution in [0.5, 0.6) is 0 Å². The molecule has 1 fully saturated rings. The Morgan fingerprint density at radius 3 is 3.00 bits per heavy atom. The van der Waals surface area contributed by atoms with Gasteiger partial charge in [0, 0.05) is 18.7 Å². The molecule has 100 valence electrons. The minimum atomic E-state index is 0.256. The molecule has 1 aromatic rings. The Labute approximate surface area is 114 Å². The van der Waals surface area contributed by atoms with Gasteiger partial charge in [-0.05, 0) is 25.2 Å². The second-order valence-corrected chi connectivity index (χ2v) is 5.46. The first-order chi connectivity index (χ1) is 8.61. The Hall–Kier alpha value is -1.03. The van der Waals surface area contributed by atoms with Gasteiger partial charge in [0.1, 0.15) is 11.0 Å². The van der Waals surface area contributed by atoms with E-state index in [2.05, 4.69) is 28.7 Å². The Kier molecular flexibility index (Phi) is 4.27. The van der Waals surface area contributed by atoms with Crippen LogP contribution in [0.25, 0.3) is 0 Å². The van der Waals surface area contributed by atoms with Gasteiger partial charge >= 0.3 is 0 Å².